The Hall–Kier alpha value is -2.08. The van der Waals surface area contributed by atoms with Crippen LogP contribution >= 0.6 is 11.8 Å². The zero-order chi connectivity index (χ0) is 19.4. The molecule has 1 fully saturated rings. The second-order valence-corrected chi connectivity index (χ2v) is 8.47. The van der Waals surface area contributed by atoms with Crippen LogP contribution in [0, 0.1) is 11.6 Å². The first kappa shape index (κ1) is 19.7. The summed E-state index contributed by atoms with van der Waals surface area (Å²) in [6.07, 6.45) is 1.04. The molecule has 27 heavy (non-hydrogen) atoms. The SMILES string of the molecule is CC(C)Sc1ccccc1C(=O)N1CCC(Oc2ccc(F)cc2F)CC1. The Balaban J connectivity index is 1.61. The van der Waals surface area contributed by atoms with Crippen molar-refractivity contribution in [2.45, 2.75) is 42.9 Å². The van der Waals surface area contributed by atoms with E-state index in [0.29, 0.717) is 31.2 Å². The monoisotopic (exact) mass is 391 g/mol. The lowest BCUT2D eigenvalue weighted by atomic mass is 10.1. The molecule has 1 saturated heterocycles. The summed E-state index contributed by atoms with van der Waals surface area (Å²) in [4.78, 5) is 15.7. The number of hydrogen-bond donors (Lipinski definition) is 0. The van der Waals surface area contributed by atoms with Gasteiger partial charge in [-0.2, -0.15) is 0 Å². The Morgan fingerprint density at radius 3 is 2.52 bits per heavy atom. The number of rotatable bonds is 5. The van der Waals surface area contributed by atoms with Crippen molar-refractivity contribution in [1.82, 2.24) is 4.90 Å². The first-order valence-corrected chi connectivity index (χ1v) is 9.98. The summed E-state index contributed by atoms with van der Waals surface area (Å²) < 4.78 is 32.4. The van der Waals surface area contributed by atoms with Gasteiger partial charge < -0.3 is 9.64 Å². The van der Waals surface area contributed by atoms with Gasteiger partial charge in [0, 0.05) is 42.1 Å². The van der Waals surface area contributed by atoms with Crippen LogP contribution in [-0.4, -0.2) is 35.3 Å². The highest BCUT2D eigenvalue weighted by Crippen LogP contribution is 2.29. The van der Waals surface area contributed by atoms with Gasteiger partial charge in [-0.25, -0.2) is 8.78 Å². The average molecular weight is 391 g/mol. The fourth-order valence-corrected chi connectivity index (χ4v) is 4.04. The molecule has 0 aromatic heterocycles. The van der Waals surface area contributed by atoms with Crippen molar-refractivity contribution in [1.29, 1.82) is 0 Å². The molecule has 0 bridgehead atoms. The van der Waals surface area contributed by atoms with Crippen molar-refractivity contribution in [3.63, 3.8) is 0 Å². The lowest BCUT2D eigenvalue weighted by Crippen LogP contribution is -2.42. The molecular weight excluding hydrogens is 368 g/mol. The molecule has 3 nitrogen and oxygen atoms in total. The predicted octanol–water partition coefficient (Wildman–Crippen LogP) is 5.15. The van der Waals surface area contributed by atoms with Gasteiger partial charge in [-0.1, -0.05) is 26.0 Å². The van der Waals surface area contributed by atoms with Crippen molar-refractivity contribution in [3.05, 3.63) is 59.7 Å². The molecule has 0 saturated carbocycles. The third-order valence-electron chi connectivity index (χ3n) is 4.40. The normalized spacial score (nSPS) is 15.2. The third kappa shape index (κ3) is 5.01. The van der Waals surface area contributed by atoms with Crippen molar-refractivity contribution < 1.29 is 18.3 Å². The first-order chi connectivity index (χ1) is 12.9. The number of amides is 1. The van der Waals surface area contributed by atoms with Gasteiger partial charge in [-0.05, 0) is 24.3 Å². The van der Waals surface area contributed by atoms with Crippen molar-refractivity contribution in [3.8, 4) is 5.75 Å². The fraction of sp³-hybridized carbons (Fsp3) is 0.381. The molecule has 1 amide bonds. The highest BCUT2D eigenvalue weighted by atomic mass is 32.2. The second-order valence-electron chi connectivity index (χ2n) is 6.85. The van der Waals surface area contributed by atoms with E-state index in [2.05, 4.69) is 13.8 Å². The van der Waals surface area contributed by atoms with E-state index in [9.17, 15) is 13.6 Å². The summed E-state index contributed by atoms with van der Waals surface area (Å²) in [6, 6.07) is 11.0. The lowest BCUT2D eigenvalue weighted by molar-refractivity contribution is 0.0585. The van der Waals surface area contributed by atoms with Crippen LogP contribution in [0.25, 0.3) is 0 Å². The Labute approximate surface area is 162 Å². The topological polar surface area (TPSA) is 29.5 Å². The van der Waals surface area contributed by atoms with Gasteiger partial charge in [0.15, 0.2) is 11.6 Å². The Morgan fingerprint density at radius 1 is 1.15 bits per heavy atom. The van der Waals surface area contributed by atoms with Crippen LogP contribution < -0.4 is 4.74 Å². The lowest BCUT2D eigenvalue weighted by Gasteiger charge is -2.32. The number of hydrogen-bond acceptors (Lipinski definition) is 3. The zero-order valence-corrected chi connectivity index (χ0v) is 16.3. The maximum atomic E-state index is 13.7. The van der Waals surface area contributed by atoms with Crippen LogP contribution in [0.1, 0.15) is 37.0 Å². The van der Waals surface area contributed by atoms with Gasteiger partial charge >= 0.3 is 0 Å². The van der Waals surface area contributed by atoms with E-state index in [4.69, 9.17) is 4.74 Å². The molecule has 1 aliphatic rings. The summed E-state index contributed by atoms with van der Waals surface area (Å²) in [5, 5.41) is 0.392. The number of carbonyl (C=O) groups excluding carboxylic acids is 1. The molecule has 0 radical (unpaired) electrons. The summed E-state index contributed by atoms with van der Waals surface area (Å²) in [6.45, 7) is 5.30. The van der Waals surface area contributed by atoms with Crippen LogP contribution in [0.4, 0.5) is 8.78 Å². The van der Waals surface area contributed by atoms with Crippen LogP contribution in [-0.2, 0) is 0 Å². The molecule has 0 atom stereocenters. The minimum atomic E-state index is -0.701. The highest BCUT2D eigenvalue weighted by molar-refractivity contribution is 8.00. The highest BCUT2D eigenvalue weighted by Gasteiger charge is 2.26. The number of carbonyl (C=O) groups is 1. The predicted molar refractivity (Wildman–Crippen MR) is 103 cm³/mol. The minimum Gasteiger partial charge on any atom is -0.487 e. The van der Waals surface area contributed by atoms with E-state index in [-0.39, 0.29) is 17.8 Å². The van der Waals surface area contributed by atoms with Gasteiger partial charge in [0.05, 0.1) is 5.56 Å². The van der Waals surface area contributed by atoms with Crippen molar-refractivity contribution in [2.75, 3.05) is 13.1 Å². The standard InChI is InChI=1S/C21H23F2NO2S/c1-14(2)27-20-6-4-3-5-17(20)21(25)24-11-9-16(10-12-24)26-19-8-7-15(22)13-18(19)23/h3-8,13-14,16H,9-12H2,1-2H3. The Kier molecular flexibility index (Phi) is 6.37. The molecule has 0 aliphatic carbocycles. The van der Waals surface area contributed by atoms with E-state index in [1.54, 1.807) is 11.8 Å². The van der Waals surface area contributed by atoms with E-state index < -0.39 is 11.6 Å². The average Bonchev–Trinajstić information content (AvgIpc) is 2.64. The number of likely N-dealkylation sites (tertiary alicyclic amines) is 1. The molecule has 144 valence electrons. The van der Waals surface area contributed by atoms with Crippen LogP contribution in [0.2, 0.25) is 0 Å². The number of piperidine rings is 1. The van der Waals surface area contributed by atoms with Gasteiger partial charge in [-0.3, -0.25) is 4.79 Å². The van der Waals surface area contributed by atoms with Gasteiger partial charge in [0.25, 0.3) is 5.91 Å². The molecule has 1 aliphatic heterocycles. The molecule has 2 aromatic rings. The summed E-state index contributed by atoms with van der Waals surface area (Å²) >= 11 is 1.68. The molecule has 0 N–H and O–H groups in total. The van der Waals surface area contributed by atoms with E-state index in [1.807, 2.05) is 29.2 Å². The number of ether oxygens (including phenoxy) is 1. The Bertz CT molecular complexity index is 805. The van der Waals surface area contributed by atoms with Crippen molar-refractivity contribution >= 4 is 17.7 Å². The van der Waals surface area contributed by atoms with Gasteiger partial charge in [-0.15, -0.1) is 11.8 Å². The molecule has 0 unspecified atom stereocenters. The van der Waals surface area contributed by atoms with E-state index in [1.165, 1.54) is 12.1 Å². The Morgan fingerprint density at radius 2 is 1.85 bits per heavy atom. The maximum Gasteiger partial charge on any atom is 0.254 e. The molecule has 6 heteroatoms. The molecule has 0 spiro atoms. The summed E-state index contributed by atoms with van der Waals surface area (Å²) in [5.41, 5.74) is 0.722. The van der Waals surface area contributed by atoms with E-state index in [0.717, 1.165) is 16.5 Å². The number of thioether (sulfide) groups is 1. The largest absolute Gasteiger partial charge is 0.487 e. The number of benzene rings is 2. The zero-order valence-electron chi connectivity index (χ0n) is 15.5. The molecule has 1 heterocycles. The van der Waals surface area contributed by atoms with Crippen LogP contribution in [0.3, 0.4) is 0 Å². The van der Waals surface area contributed by atoms with Crippen LogP contribution in [0.5, 0.6) is 5.75 Å². The quantitative estimate of drug-likeness (QED) is 0.660. The number of nitrogens with zero attached hydrogens (tertiary/aromatic N) is 1. The number of halogens is 2. The van der Waals surface area contributed by atoms with Crippen LogP contribution in [0.15, 0.2) is 47.4 Å². The smallest absolute Gasteiger partial charge is 0.254 e. The maximum absolute atomic E-state index is 13.7. The summed E-state index contributed by atoms with van der Waals surface area (Å²) in [5.74, 6) is -1.25. The van der Waals surface area contributed by atoms with E-state index >= 15 is 0 Å². The fourth-order valence-electron chi connectivity index (χ4n) is 3.10. The minimum absolute atomic E-state index is 0.0187. The molecular formula is C21H23F2NO2S. The second kappa shape index (κ2) is 8.74. The first-order valence-electron chi connectivity index (χ1n) is 9.10. The molecule has 3 rings (SSSR count). The van der Waals surface area contributed by atoms with Gasteiger partial charge in [0.2, 0.25) is 0 Å². The van der Waals surface area contributed by atoms with Crippen molar-refractivity contribution in [2.24, 2.45) is 0 Å². The third-order valence-corrected chi connectivity index (χ3v) is 5.48. The summed E-state index contributed by atoms with van der Waals surface area (Å²) in [7, 11) is 0. The van der Waals surface area contributed by atoms with Gasteiger partial charge in [0.1, 0.15) is 11.9 Å². The molecule has 2 aromatic carbocycles.